The molecule has 0 unspecified atom stereocenters. The van der Waals surface area contributed by atoms with Gasteiger partial charge >= 0.3 is 0 Å². The lowest BCUT2D eigenvalue weighted by Crippen LogP contribution is -2.23. The molecule has 1 aromatic heterocycles. The number of aromatic nitrogens is 2. The first-order valence-electron chi connectivity index (χ1n) is 4.45. The van der Waals surface area contributed by atoms with Crippen LogP contribution in [0, 0.1) is 0 Å². The zero-order valence-electron chi connectivity index (χ0n) is 7.62. The Labute approximate surface area is 72.6 Å². The van der Waals surface area contributed by atoms with Gasteiger partial charge in [0.25, 0.3) is 0 Å². The fourth-order valence-corrected chi connectivity index (χ4v) is 1.49. The molecule has 2 rings (SSSR count). The molecule has 0 bridgehead atoms. The van der Waals surface area contributed by atoms with Gasteiger partial charge < -0.3 is 10.3 Å². The third kappa shape index (κ3) is 1.05. The summed E-state index contributed by atoms with van der Waals surface area (Å²) in [5, 5.41) is 0. The summed E-state index contributed by atoms with van der Waals surface area (Å²) < 4.78 is 2.16. The summed E-state index contributed by atoms with van der Waals surface area (Å²) in [4.78, 5) is 4.13. The van der Waals surface area contributed by atoms with Gasteiger partial charge in [0.2, 0.25) is 0 Å². The largest absolute Gasteiger partial charge is 0.330 e. The SMILES string of the molecule is CC(C)n1cncc1C1(N)CC1. The van der Waals surface area contributed by atoms with Gasteiger partial charge in [0, 0.05) is 6.04 Å². The van der Waals surface area contributed by atoms with Crippen LogP contribution in [0.2, 0.25) is 0 Å². The molecule has 2 N–H and O–H groups in total. The molecule has 0 atom stereocenters. The number of imidazole rings is 1. The van der Waals surface area contributed by atoms with Crippen LogP contribution in [-0.4, -0.2) is 9.55 Å². The molecule has 0 spiro atoms. The Bertz CT molecular complexity index is 284. The first-order chi connectivity index (χ1) is 5.63. The van der Waals surface area contributed by atoms with E-state index in [1.54, 1.807) is 0 Å². The van der Waals surface area contributed by atoms with Crippen molar-refractivity contribution >= 4 is 0 Å². The van der Waals surface area contributed by atoms with Gasteiger partial charge in [-0.25, -0.2) is 4.98 Å². The van der Waals surface area contributed by atoms with E-state index in [-0.39, 0.29) is 5.54 Å². The molecule has 1 saturated carbocycles. The Hall–Kier alpha value is -0.830. The van der Waals surface area contributed by atoms with E-state index in [4.69, 9.17) is 5.73 Å². The molecule has 0 radical (unpaired) electrons. The number of nitrogens with zero attached hydrogens (tertiary/aromatic N) is 2. The van der Waals surface area contributed by atoms with Gasteiger partial charge in [-0.1, -0.05) is 0 Å². The molecule has 0 aliphatic heterocycles. The molecule has 0 amide bonds. The lowest BCUT2D eigenvalue weighted by Gasteiger charge is -2.15. The summed E-state index contributed by atoms with van der Waals surface area (Å²) in [5.74, 6) is 0. The van der Waals surface area contributed by atoms with E-state index in [9.17, 15) is 0 Å². The summed E-state index contributed by atoms with van der Waals surface area (Å²) in [7, 11) is 0. The number of nitrogens with two attached hydrogens (primary N) is 1. The molecule has 0 aromatic carbocycles. The molecule has 66 valence electrons. The molecular weight excluding hydrogens is 150 g/mol. The first kappa shape index (κ1) is 7.80. The summed E-state index contributed by atoms with van der Waals surface area (Å²) >= 11 is 0. The molecule has 1 fully saturated rings. The Morgan fingerprint density at radius 1 is 1.58 bits per heavy atom. The van der Waals surface area contributed by atoms with Gasteiger partial charge in [-0.3, -0.25) is 0 Å². The van der Waals surface area contributed by atoms with Crippen LogP contribution < -0.4 is 5.73 Å². The first-order valence-corrected chi connectivity index (χ1v) is 4.45. The maximum absolute atomic E-state index is 6.09. The summed E-state index contributed by atoms with van der Waals surface area (Å²) in [5.41, 5.74) is 7.23. The van der Waals surface area contributed by atoms with E-state index in [0.717, 1.165) is 12.8 Å². The van der Waals surface area contributed by atoms with E-state index >= 15 is 0 Å². The van der Waals surface area contributed by atoms with Crippen molar-refractivity contribution in [1.29, 1.82) is 0 Å². The molecule has 1 aliphatic carbocycles. The molecular formula is C9H15N3. The minimum absolute atomic E-state index is 0.0548. The van der Waals surface area contributed by atoms with Gasteiger partial charge in [-0.2, -0.15) is 0 Å². The van der Waals surface area contributed by atoms with E-state index < -0.39 is 0 Å². The fourth-order valence-electron chi connectivity index (χ4n) is 1.49. The normalized spacial score (nSPS) is 20.0. The Kier molecular flexibility index (Phi) is 1.51. The average Bonchev–Trinajstić information content (AvgIpc) is 2.61. The van der Waals surface area contributed by atoms with Gasteiger partial charge in [-0.05, 0) is 26.7 Å². The molecule has 0 saturated heterocycles. The molecule has 12 heavy (non-hydrogen) atoms. The Morgan fingerprint density at radius 2 is 2.25 bits per heavy atom. The van der Waals surface area contributed by atoms with Crippen LogP contribution in [0.4, 0.5) is 0 Å². The van der Waals surface area contributed by atoms with Crippen molar-refractivity contribution in [1.82, 2.24) is 9.55 Å². The average molecular weight is 165 g/mol. The van der Waals surface area contributed by atoms with Crippen LogP contribution >= 0.6 is 0 Å². The van der Waals surface area contributed by atoms with Gasteiger partial charge in [0.05, 0.1) is 23.8 Å². The molecule has 1 aromatic rings. The minimum atomic E-state index is -0.0548. The van der Waals surface area contributed by atoms with Crippen molar-refractivity contribution in [3.05, 3.63) is 18.2 Å². The standard InChI is InChI=1S/C9H15N3/c1-7(2)12-6-11-5-8(12)9(10)3-4-9/h5-7H,3-4,10H2,1-2H3. The van der Waals surface area contributed by atoms with Crippen molar-refractivity contribution in [2.75, 3.05) is 0 Å². The number of rotatable bonds is 2. The van der Waals surface area contributed by atoms with Crippen LogP contribution in [0.5, 0.6) is 0 Å². The van der Waals surface area contributed by atoms with Crippen molar-refractivity contribution in [2.24, 2.45) is 5.73 Å². The van der Waals surface area contributed by atoms with E-state index in [2.05, 4.69) is 23.4 Å². The van der Waals surface area contributed by atoms with Crippen molar-refractivity contribution < 1.29 is 0 Å². The van der Waals surface area contributed by atoms with E-state index in [0.29, 0.717) is 6.04 Å². The Morgan fingerprint density at radius 3 is 2.75 bits per heavy atom. The van der Waals surface area contributed by atoms with Gasteiger partial charge in [0.15, 0.2) is 0 Å². The second-order valence-corrected chi connectivity index (χ2v) is 3.94. The van der Waals surface area contributed by atoms with Gasteiger partial charge in [0.1, 0.15) is 0 Å². The summed E-state index contributed by atoms with van der Waals surface area (Å²) in [6, 6.07) is 0.462. The number of hydrogen-bond acceptors (Lipinski definition) is 2. The Balaban J connectivity index is 2.37. The molecule has 1 aliphatic rings. The third-order valence-electron chi connectivity index (χ3n) is 2.52. The van der Waals surface area contributed by atoms with E-state index in [1.165, 1.54) is 5.69 Å². The summed E-state index contributed by atoms with van der Waals surface area (Å²) in [6.07, 6.45) is 5.97. The van der Waals surface area contributed by atoms with Crippen LogP contribution in [-0.2, 0) is 5.54 Å². The highest BCUT2D eigenvalue weighted by molar-refractivity contribution is 5.21. The highest BCUT2D eigenvalue weighted by Crippen LogP contribution is 2.42. The lowest BCUT2D eigenvalue weighted by molar-refractivity contribution is 0.535. The highest BCUT2D eigenvalue weighted by Gasteiger charge is 2.42. The van der Waals surface area contributed by atoms with Crippen LogP contribution in [0.3, 0.4) is 0 Å². The number of hydrogen-bond donors (Lipinski definition) is 1. The smallest absolute Gasteiger partial charge is 0.0951 e. The molecule has 3 nitrogen and oxygen atoms in total. The maximum atomic E-state index is 6.09. The quantitative estimate of drug-likeness (QED) is 0.720. The lowest BCUT2D eigenvalue weighted by atomic mass is 10.2. The second-order valence-electron chi connectivity index (χ2n) is 3.94. The zero-order chi connectivity index (χ0) is 8.77. The third-order valence-corrected chi connectivity index (χ3v) is 2.52. The highest BCUT2D eigenvalue weighted by atomic mass is 15.1. The fraction of sp³-hybridized carbons (Fsp3) is 0.667. The second kappa shape index (κ2) is 2.33. The van der Waals surface area contributed by atoms with Crippen molar-refractivity contribution in [3.63, 3.8) is 0 Å². The monoisotopic (exact) mass is 165 g/mol. The van der Waals surface area contributed by atoms with Crippen LogP contribution in [0.1, 0.15) is 38.4 Å². The maximum Gasteiger partial charge on any atom is 0.0951 e. The predicted octanol–water partition coefficient (Wildman–Crippen LogP) is 1.41. The topological polar surface area (TPSA) is 43.8 Å². The molecule has 3 heteroatoms. The van der Waals surface area contributed by atoms with Gasteiger partial charge in [-0.15, -0.1) is 0 Å². The van der Waals surface area contributed by atoms with Crippen LogP contribution in [0.15, 0.2) is 12.5 Å². The van der Waals surface area contributed by atoms with Crippen LogP contribution in [0.25, 0.3) is 0 Å². The zero-order valence-corrected chi connectivity index (χ0v) is 7.62. The van der Waals surface area contributed by atoms with Crippen molar-refractivity contribution in [2.45, 2.75) is 38.3 Å². The molecule has 1 heterocycles. The summed E-state index contributed by atoms with van der Waals surface area (Å²) in [6.45, 7) is 4.30. The minimum Gasteiger partial charge on any atom is -0.330 e. The van der Waals surface area contributed by atoms with Crippen molar-refractivity contribution in [3.8, 4) is 0 Å². The van der Waals surface area contributed by atoms with E-state index in [1.807, 2.05) is 12.5 Å². The predicted molar refractivity (Wildman–Crippen MR) is 47.7 cm³/mol.